The monoisotopic (exact) mass is 193 g/mol. The highest BCUT2D eigenvalue weighted by Gasteiger charge is 1.98. The first-order chi connectivity index (χ1) is 6.72. The first kappa shape index (κ1) is 11.0. The highest BCUT2D eigenvalue weighted by Crippen LogP contribution is 2.06. The van der Waals surface area contributed by atoms with E-state index in [9.17, 15) is 5.11 Å². The zero-order valence-corrected chi connectivity index (χ0v) is 8.57. The third-order valence-electron chi connectivity index (χ3n) is 2.23. The maximum Gasteiger partial charge on any atom is 0.0949 e. The van der Waals surface area contributed by atoms with E-state index < -0.39 is 0 Å². The highest BCUT2D eigenvalue weighted by atomic mass is 16.3. The summed E-state index contributed by atoms with van der Waals surface area (Å²) >= 11 is 0. The van der Waals surface area contributed by atoms with Gasteiger partial charge in [0.1, 0.15) is 0 Å². The molecule has 0 aliphatic heterocycles. The van der Waals surface area contributed by atoms with Crippen molar-refractivity contribution in [2.75, 3.05) is 32.5 Å². The summed E-state index contributed by atoms with van der Waals surface area (Å²) in [6, 6.07) is 7.87. The van der Waals surface area contributed by atoms with Gasteiger partial charge in [0.05, 0.1) is 6.61 Å². The number of rotatable bonds is 5. The molecule has 0 fully saturated rings. The van der Waals surface area contributed by atoms with E-state index in [2.05, 4.69) is 0 Å². The predicted molar refractivity (Wildman–Crippen MR) is 57.6 cm³/mol. The molecule has 3 nitrogen and oxygen atoms in total. The van der Waals surface area contributed by atoms with E-state index in [0.717, 1.165) is 18.7 Å². The number of nitrogens with two attached hydrogens (primary N) is 1. The van der Waals surface area contributed by atoms with E-state index in [1.807, 2.05) is 36.2 Å². The second kappa shape index (κ2) is 5.62. The molecule has 0 aliphatic carbocycles. The number of hydrogen-bond donors (Lipinski definition) is 1. The number of benzene rings is 1. The fourth-order valence-electron chi connectivity index (χ4n) is 1.27. The minimum absolute atomic E-state index is 0.0295. The summed E-state index contributed by atoms with van der Waals surface area (Å²) in [6.45, 7) is 1.51. The summed E-state index contributed by atoms with van der Waals surface area (Å²) in [5, 5.41) is 10.3. The molecule has 0 saturated heterocycles. The summed E-state index contributed by atoms with van der Waals surface area (Å²) in [4.78, 5) is 2.04. The molecule has 77 valence electrons. The molecule has 1 aromatic rings. The van der Waals surface area contributed by atoms with Crippen molar-refractivity contribution in [2.24, 2.45) is 0 Å². The van der Waals surface area contributed by atoms with Crippen LogP contribution in [-0.2, 0) is 11.5 Å². The van der Waals surface area contributed by atoms with Crippen LogP contribution in [0.2, 0.25) is 0 Å². The molecule has 1 aromatic carbocycles. The zero-order chi connectivity index (χ0) is 10.4. The number of anilines is 1. The third kappa shape index (κ3) is 3.77. The van der Waals surface area contributed by atoms with Gasteiger partial charge in [0.25, 0.3) is 0 Å². The van der Waals surface area contributed by atoms with Crippen LogP contribution >= 0.6 is 0 Å². The predicted octanol–water partition coefficient (Wildman–Crippen LogP) is 1.17. The van der Waals surface area contributed by atoms with Gasteiger partial charge < -0.3 is 10.6 Å². The van der Waals surface area contributed by atoms with Crippen LogP contribution in [0.4, 0.5) is 5.69 Å². The van der Waals surface area contributed by atoms with E-state index in [1.165, 1.54) is 5.56 Å². The topological polar surface area (TPSA) is 49.2 Å². The van der Waals surface area contributed by atoms with Crippen molar-refractivity contribution < 1.29 is 5.11 Å². The minimum atomic E-state index is -0.0295. The van der Waals surface area contributed by atoms with Crippen LogP contribution < -0.4 is 5.73 Å². The molecule has 0 aliphatic rings. The van der Waals surface area contributed by atoms with E-state index in [0.29, 0.717) is 6.54 Å². The average Bonchev–Trinajstić information content (AvgIpc) is 2.17. The standard InChI is InChI=1S/C11H17N2O/c1-13(8-9-14)7-6-10-2-4-11(12)5-3-10/h2-5H,6-9,12H2,1H3. The van der Waals surface area contributed by atoms with Crippen LogP contribution in [0.15, 0.2) is 24.3 Å². The largest absolute Gasteiger partial charge is 0.399 e. The molecule has 0 bridgehead atoms. The Kier molecular flexibility index (Phi) is 4.43. The van der Waals surface area contributed by atoms with Gasteiger partial charge in [-0.25, -0.2) is 5.11 Å². The van der Waals surface area contributed by atoms with E-state index in [-0.39, 0.29) is 6.61 Å². The molecule has 0 atom stereocenters. The van der Waals surface area contributed by atoms with Crippen molar-refractivity contribution in [1.29, 1.82) is 0 Å². The lowest BCUT2D eigenvalue weighted by molar-refractivity contribution is 0.154. The minimum Gasteiger partial charge on any atom is -0.399 e. The maximum atomic E-state index is 10.3. The van der Waals surface area contributed by atoms with Crippen molar-refractivity contribution in [2.45, 2.75) is 6.42 Å². The number of likely N-dealkylation sites (N-methyl/N-ethyl adjacent to an activating group) is 1. The molecule has 0 saturated carbocycles. The SMILES string of the molecule is CN(CC[O])CCc1ccc(N)cc1. The van der Waals surface area contributed by atoms with Crippen LogP contribution in [-0.4, -0.2) is 31.6 Å². The fourth-order valence-corrected chi connectivity index (χ4v) is 1.27. The van der Waals surface area contributed by atoms with E-state index in [4.69, 9.17) is 5.73 Å². The molecule has 1 radical (unpaired) electrons. The van der Waals surface area contributed by atoms with Crippen LogP contribution in [0.25, 0.3) is 0 Å². The Balaban J connectivity index is 2.34. The summed E-state index contributed by atoms with van der Waals surface area (Å²) in [5.74, 6) is 0. The molecule has 2 N–H and O–H groups in total. The number of nitrogen functional groups attached to an aromatic ring is 1. The Morgan fingerprint density at radius 2 is 1.86 bits per heavy atom. The molecule has 0 aromatic heterocycles. The van der Waals surface area contributed by atoms with Crippen molar-refractivity contribution in [3.8, 4) is 0 Å². The van der Waals surface area contributed by atoms with Gasteiger partial charge in [-0.1, -0.05) is 12.1 Å². The normalized spacial score (nSPS) is 10.8. The second-order valence-corrected chi connectivity index (χ2v) is 3.50. The molecule has 0 heterocycles. The Bertz CT molecular complexity index is 258. The molecule has 0 spiro atoms. The molecular formula is C11H17N2O. The second-order valence-electron chi connectivity index (χ2n) is 3.50. The highest BCUT2D eigenvalue weighted by molar-refractivity contribution is 5.39. The maximum absolute atomic E-state index is 10.3. The van der Waals surface area contributed by atoms with Crippen LogP contribution in [0.3, 0.4) is 0 Å². The summed E-state index contributed by atoms with van der Waals surface area (Å²) < 4.78 is 0. The summed E-state index contributed by atoms with van der Waals surface area (Å²) in [5.41, 5.74) is 7.63. The first-order valence-electron chi connectivity index (χ1n) is 4.83. The van der Waals surface area contributed by atoms with Crippen molar-refractivity contribution >= 4 is 5.69 Å². The fraction of sp³-hybridized carbons (Fsp3) is 0.455. The first-order valence-corrected chi connectivity index (χ1v) is 4.83. The number of nitrogens with zero attached hydrogens (tertiary/aromatic N) is 1. The Morgan fingerprint density at radius 1 is 1.21 bits per heavy atom. The van der Waals surface area contributed by atoms with Crippen molar-refractivity contribution in [3.63, 3.8) is 0 Å². The lowest BCUT2D eigenvalue weighted by Crippen LogP contribution is -2.24. The van der Waals surface area contributed by atoms with Gasteiger partial charge in [-0.15, -0.1) is 0 Å². The molecule has 0 amide bonds. The number of hydrogen-bond acceptors (Lipinski definition) is 2. The lowest BCUT2D eigenvalue weighted by Gasteiger charge is -2.14. The van der Waals surface area contributed by atoms with Gasteiger partial charge in [-0.2, -0.15) is 0 Å². The molecule has 1 rings (SSSR count). The van der Waals surface area contributed by atoms with Gasteiger partial charge in [0, 0.05) is 18.8 Å². The quantitative estimate of drug-likeness (QED) is 0.714. The van der Waals surface area contributed by atoms with E-state index >= 15 is 0 Å². The van der Waals surface area contributed by atoms with Gasteiger partial charge in [-0.05, 0) is 31.2 Å². The van der Waals surface area contributed by atoms with Crippen molar-refractivity contribution in [3.05, 3.63) is 29.8 Å². The zero-order valence-electron chi connectivity index (χ0n) is 8.57. The summed E-state index contributed by atoms with van der Waals surface area (Å²) in [7, 11) is 1.97. The Labute approximate surface area is 85.2 Å². The summed E-state index contributed by atoms with van der Waals surface area (Å²) in [6.07, 6.45) is 0.969. The Morgan fingerprint density at radius 3 is 2.43 bits per heavy atom. The third-order valence-corrected chi connectivity index (χ3v) is 2.23. The van der Waals surface area contributed by atoms with Gasteiger partial charge >= 0.3 is 0 Å². The molecular weight excluding hydrogens is 176 g/mol. The van der Waals surface area contributed by atoms with Gasteiger partial charge in [0.2, 0.25) is 0 Å². The Hall–Kier alpha value is -1.06. The van der Waals surface area contributed by atoms with Gasteiger partial charge in [-0.3, -0.25) is 0 Å². The smallest absolute Gasteiger partial charge is 0.0949 e. The van der Waals surface area contributed by atoms with Crippen LogP contribution in [0, 0.1) is 0 Å². The molecule has 3 heteroatoms. The average molecular weight is 193 g/mol. The van der Waals surface area contributed by atoms with Crippen LogP contribution in [0.1, 0.15) is 5.56 Å². The lowest BCUT2D eigenvalue weighted by atomic mass is 10.1. The van der Waals surface area contributed by atoms with Gasteiger partial charge in [0.15, 0.2) is 0 Å². The molecule has 0 unspecified atom stereocenters. The van der Waals surface area contributed by atoms with E-state index in [1.54, 1.807) is 0 Å². The molecule has 14 heavy (non-hydrogen) atoms. The van der Waals surface area contributed by atoms with Crippen molar-refractivity contribution in [1.82, 2.24) is 4.90 Å². The van der Waals surface area contributed by atoms with Crippen LogP contribution in [0.5, 0.6) is 0 Å².